The van der Waals surface area contributed by atoms with Gasteiger partial charge in [-0.2, -0.15) is 5.10 Å². The number of aliphatic carboxylic acids is 2. The van der Waals surface area contributed by atoms with Gasteiger partial charge in [0.25, 0.3) is 0 Å². The first-order valence-electron chi connectivity index (χ1n) is 5.61. The number of benzene rings is 1. The number of carboxylic acid groups (broad SMARTS) is 2. The van der Waals surface area contributed by atoms with Crippen molar-refractivity contribution in [1.29, 1.82) is 0 Å². The van der Waals surface area contributed by atoms with Crippen molar-refractivity contribution in [3.8, 4) is 5.69 Å². The Labute approximate surface area is 113 Å². The number of aromatic nitrogens is 2. The van der Waals surface area contributed by atoms with E-state index in [1.165, 1.54) is 0 Å². The van der Waals surface area contributed by atoms with E-state index in [1.807, 2.05) is 0 Å². The van der Waals surface area contributed by atoms with Crippen LogP contribution in [-0.4, -0.2) is 31.9 Å². The summed E-state index contributed by atoms with van der Waals surface area (Å²) in [7, 11) is 0. The lowest BCUT2D eigenvalue weighted by Crippen LogP contribution is -2.12. The molecule has 0 atom stereocenters. The van der Waals surface area contributed by atoms with Gasteiger partial charge in [0.1, 0.15) is 5.70 Å². The van der Waals surface area contributed by atoms with Crippen LogP contribution in [-0.2, 0) is 9.59 Å². The fourth-order valence-corrected chi connectivity index (χ4v) is 1.55. The van der Waals surface area contributed by atoms with Crippen LogP contribution in [0.3, 0.4) is 0 Å². The van der Waals surface area contributed by atoms with Crippen LogP contribution in [0.5, 0.6) is 0 Å². The van der Waals surface area contributed by atoms with Crippen molar-refractivity contribution in [1.82, 2.24) is 9.78 Å². The van der Waals surface area contributed by atoms with Crippen LogP contribution in [0.15, 0.2) is 54.5 Å². The first kappa shape index (κ1) is 13.3. The minimum absolute atomic E-state index is 0.413. The third-order valence-electron chi connectivity index (χ3n) is 2.41. The van der Waals surface area contributed by atoms with E-state index in [2.05, 4.69) is 10.4 Å². The standard InChI is InChI=1S/C13H11N3O4/c17-12(18)8-11(13(19)20)15-9-2-4-10(5-3-9)16-7-1-6-14-16/h1-8,15H,(H,17,18)(H,19,20)/b11-8+. The number of carbonyl (C=O) groups is 2. The van der Waals surface area contributed by atoms with E-state index in [0.717, 1.165) is 5.69 Å². The fourth-order valence-electron chi connectivity index (χ4n) is 1.55. The lowest BCUT2D eigenvalue weighted by atomic mass is 10.2. The first-order valence-corrected chi connectivity index (χ1v) is 5.61. The molecular weight excluding hydrogens is 262 g/mol. The zero-order valence-corrected chi connectivity index (χ0v) is 10.2. The number of nitrogens with zero attached hydrogens (tertiary/aromatic N) is 2. The first-order chi connectivity index (χ1) is 9.56. The summed E-state index contributed by atoms with van der Waals surface area (Å²) in [5.41, 5.74) is 0.861. The average molecular weight is 273 g/mol. The van der Waals surface area contributed by atoms with Crippen LogP contribution < -0.4 is 5.32 Å². The van der Waals surface area contributed by atoms with E-state index in [1.54, 1.807) is 47.4 Å². The van der Waals surface area contributed by atoms with E-state index in [9.17, 15) is 9.59 Å². The Morgan fingerprint density at radius 2 is 1.90 bits per heavy atom. The molecule has 3 N–H and O–H groups in total. The number of anilines is 1. The molecule has 0 saturated carbocycles. The van der Waals surface area contributed by atoms with Gasteiger partial charge in [-0.3, -0.25) is 0 Å². The number of carboxylic acids is 2. The molecule has 0 aliphatic rings. The highest BCUT2D eigenvalue weighted by Crippen LogP contribution is 2.14. The maximum Gasteiger partial charge on any atom is 0.352 e. The van der Waals surface area contributed by atoms with Crippen LogP contribution in [0.4, 0.5) is 5.69 Å². The highest BCUT2D eigenvalue weighted by molar-refractivity contribution is 5.97. The summed E-state index contributed by atoms with van der Waals surface area (Å²) in [6.45, 7) is 0. The maximum atomic E-state index is 10.9. The van der Waals surface area contributed by atoms with Crippen LogP contribution in [0.2, 0.25) is 0 Å². The second-order valence-corrected chi connectivity index (χ2v) is 3.82. The van der Waals surface area contributed by atoms with Gasteiger partial charge in [0.2, 0.25) is 0 Å². The molecule has 0 amide bonds. The van der Waals surface area contributed by atoms with Crippen molar-refractivity contribution in [2.75, 3.05) is 5.32 Å². The maximum absolute atomic E-state index is 10.9. The Hall–Kier alpha value is -3.09. The average Bonchev–Trinajstić information content (AvgIpc) is 2.92. The third-order valence-corrected chi connectivity index (χ3v) is 2.41. The molecule has 0 aliphatic heterocycles. The van der Waals surface area contributed by atoms with Gasteiger partial charge in [-0.15, -0.1) is 0 Å². The van der Waals surface area contributed by atoms with Crippen molar-refractivity contribution in [2.45, 2.75) is 0 Å². The van der Waals surface area contributed by atoms with Gasteiger partial charge >= 0.3 is 11.9 Å². The number of hydrogen-bond donors (Lipinski definition) is 3. The molecule has 0 radical (unpaired) electrons. The van der Waals surface area contributed by atoms with E-state index < -0.39 is 17.6 Å². The highest BCUT2D eigenvalue weighted by atomic mass is 16.4. The fraction of sp³-hybridized carbons (Fsp3) is 0. The highest BCUT2D eigenvalue weighted by Gasteiger charge is 2.09. The Kier molecular flexibility index (Phi) is 3.80. The Morgan fingerprint density at radius 1 is 1.20 bits per heavy atom. The lowest BCUT2D eigenvalue weighted by Gasteiger charge is -2.07. The van der Waals surface area contributed by atoms with Gasteiger partial charge in [0.05, 0.1) is 11.8 Å². The Balaban J connectivity index is 2.18. The minimum atomic E-state index is -1.34. The normalized spacial score (nSPS) is 11.1. The van der Waals surface area contributed by atoms with Crippen molar-refractivity contribution in [3.05, 3.63) is 54.5 Å². The molecule has 1 aromatic heterocycles. The monoisotopic (exact) mass is 273 g/mol. The molecule has 0 saturated heterocycles. The zero-order valence-electron chi connectivity index (χ0n) is 10.2. The van der Waals surface area contributed by atoms with Crippen LogP contribution in [0, 0.1) is 0 Å². The summed E-state index contributed by atoms with van der Waals surface area (Å²) < 4.78 is 1.65. The third kappa shape index (κ3) is 3.22. The van der Waals surface area contributed by atoms with Crippen molar-refractivity contribution in [3.63, 3.8) is 0 Å². The molecule has 1 aromatic carbocycles. The molecule has 2 aromatic rings. The number of rotatable bonds is 5. The van der Waals surface area contributed by atoms with Gasteiger partial charge in [-0.25, -0.2) is 14.3 Å². The van der Waals surface area contributed by atoms with Crippen LogP contribution >= 0.6 is 0 Å². The molecule has 0 spiro atoms. The summed E-state index contributed by atoms with van der Waals surface area (Å²) in [5.74, 6) is -2.67. The quantitative estimate of drug-likeness (QED) is 0.710. The van der Waals surface area contributed by atoms with Crippen molar-refractivity contribution in [2.24, 2.45) is 0 Å². The van der Waals surface area contributed by atoms with Crippen LogP contribution in [0.25, 0.3) is 5.69 Å². The van der Waals surface area contributed by atoms with Crippen molar-refractivity contribution >= 4 is 17.6 Å². The number of nitrogens with one attached hydrogen (secondary N) is 1. The number of hydrogen-bond acceptors (Lipinski definition) is 4. The smallest absolute Gasteiger partial charge is 0.352 e. The van der Waals surface area contributed by atoms with E-state index in [-0.39, 0.29) is 0 Å². The summed E-state index contributed by atoms with van der Waals surface area (Å²) in [6.07, 6.45) is 4.02. The van der Waals surface area contributed by atoms with Gasteiger partial charge in [0.15, 0.2) is 0 Å². The van der Waals surface area contributed by atoms with Gasteiger partial charge in [-0.1, -0.05) is 0 Å². The molecule has 20 heavy (non-hydrogen) atoms. The predicted molar refractivity (Wildman–Crippen MR) is 70.5 cm³/mol. The predicted octanol–water partition coefficient (Wildman–Crippen LogP) is 1.34. The summed E-state index contributed by atoms with van der Waals surface area (Å²) in [6, 6.07) is 8.51. The summed E-state index contributed by atoms with van der Waals surface area (Å²) in [5, 5.41) is 24.1. The Bertz CT molecular complexity index is 645. The topological polar surface area (TPSA) is 104 Å². The second kappa shape index (κ2) is 5.70. The molecule has 0 aliphatic carbocycles. The molecular formula is C13H11N3O4. The molecule has 0 bridgehead atoms. The molecule has 1 heterocycles. The zero-order chi connectivity index (χ0) is 14.5. The molecule has 0 fully saturated rings. The molecule has 7 nitrogen and oxygen atoms in total. The SMILES string of the molecule is O=C(O)/C=C(/Nc1ccc(-n2cccn2)cc1)C(=O)O. The molecule has 102 valence electrons. The van der Waals surface area contributed by atoms with Gasteiger partial charge < -0.3 is 15.5 Å². The second-order valence-electron chi connectivity index (χ2n) is 3.82. The van der Waals surface area contributed by atoms with Gasteiger partial charge in [0, 0.05) is 18.1 Å². The largest absolute Gasteiger partial charge is 0.478 e. The van der Waals surface area contributed by atoms with E-state index in [0.29, 0.717) is 11.8 Å². The summed E-state index contributed by atoms with van der Waals surface area (Å²) >= 11 is 0. The molecule has 7 heteroatoms. The minimum Gasteiger partial charge on any atom is -0.478 e. The van der Waals surface area contributed by atoms with Gasteiger partial charge in [-0.05, 0) is 30.3 Å². The Morgan fingerprint density at radius 3 is 2.40 bits per heavy atom. The van der Waals surface area contributed by atoms with Crippen LogP contribution in [0.1, 0.15) is 0 Å². The summed E-state index contributed by atoms with van der Waals surface area (Å²) in [4.78, 5) is 21.4. The van der Waals surface area contributed by atoms with E-state index in [4.69, 9.17) is 10.2 Å². The van der Waals surface area contributed by atoms with Crippen molar-refractivity contribution < 1.29 is 19.8 Å². The molecule has 2 rings (SSSR count). The lowest BCUT2D eigenvalue weighted by molar-refractivity contribution is -0.134. The van der Waals surface area contributed by atoms with E-state index >= 15 is 0 Å². The molecule has 0 unspecified atom stereocenters.